The van der Waals surface area contributed by atoms with E-state index in [1.54, 1.807) is 10.6 Å². The molecule has 2 aliphatic heterocycles. The minimum atomic E-state index is -0.847. The SMILES string of the molecule is CC1=C2C3CN(C)C(C1)C2(O)Cn1c3cccc1=O. The van der Waals surface area contributed by atoms with Gasteiger partial charge in [0.25, 0.3) is 5.56 Å². The first-order chi connectivity index (χ1) is 9.02. The number of likely N-dealkylation sites (N-methyl/N-ethyl adjacent to an activating group) is 1. The van der Waals surface area contributed by atoms with E-state index in [1.165, 1.54) is 11.1 Å². The Morgan fingerprint density at radius 2 is 2.21 bits per heavy atom. The van der Waals surface area contributed by atoms with Gasteiger partial charge in [0.2, 0.25) is 0 Å². The molecule has 1 fully saturated rings. The maximum absolute atomic E-state index is 12.1. The van der Waals surface area contributed by atoms with Gasteiger partial charge in [-0.05, 0) is 32.0 Å². The highest BCUT2D eigenvalue weighted by atomic mass is 16.3. The number of piperidine rings is 1. The minimum Gasteiger partial charge on any atom is -0.382 e. The lowest BCUT2D eigenvalue weighted by molar-refractivity contribution is -0.0482. The lowest BCUT2D eigenvalue weighted by Gasteiger charge is -2.50. The van der Waals surface area contributed by atoms with Crippen molar-refractivity contribution >= 4 is 0 Å². The average molecular weight is 258 g/mol. The van der Waals surface area contributed by atoms with Gasteiger partial charge in [-0.2, -0.15) is 0 Å². The molecule has 3 aliphatic rings. The molecule has 3 heterocycles. The predicted octanol–water partition coefficient (Wildman–Crippen LogP) is 0.711. The van der Waals surface area contributed by atoms with Crippen molar-refractivity contribution in [2.75, 3.05) is 13.6 Å². The van der Waals surface area contributed by atoms with E-state index in [0.717, 1.165) is 18.7 Å². The quantitative estimate of drug-likeness (QED) is 0.697. The van der Waals surface area contributed by atoms with Gasteiger partial charge >= 0.3 is 0 Å². The van der Waals surface area contributed by atoms with E-state index in [2.05, 4.69) is 18.9 Å². The van der Waals surface area contributed by atoms with Crippen molar-refractivity contribution in [1.82, 2.24) is 9.47 Å². The molecule has 4 rings (SSSR count). The van der Waals surface area contributed by atoms with Crippen LogP contribution in [0.4, 0.5) is 0 Å². The molecule has 4 bridgehead atoms. The molecule has 1 saturated heterocycles. The number of hydrogen-bond donors (Lipinski definition) is 1. The highest BCUT2D eigenvalue weighted by Crippen LogP contribution is 2.52. The number of aromatic nitrogens is 1. The zero-order chi connectivity index (χ0) is 13.4. The van der Waals surface area contributed by atoms with E-state index in [-0.39, 0.29) is 17.5 Å². The van der Waals surface area contributed by atoms with Gasteiger partial charge in [0.05, 0.1) is 6.54 Å². The van der Waals surface area contributed by atoms with Crippen LogP contribution in [0.15, 0.2) is 34.1 Å². The second-order valence-electron chi connectivity index (χ2n) is 6.21. The molecule has 1 aliphatic carbocycles. The van der Waals surface area contributed by atoms with Crippen LogP contribution in [0.2, 0.25) is 0 Å². The van der Waals surface area contributed by atoms with E-state index >= 15 is 0 Å². The summed E-state index contributed by atoms with van der Waals surface area (Å²) in [5.41, 5.74) is 2.70. The van der Waals surface area contributed by atoms with Crippen molar-refractivity contribution in [3.8, 4) is 0 Å². The number of rotatable bonds is 0. The van der Waals surface area contributed by atoms with Crippen LogP contribution in [0, 0.1) is 0 Å². The van der Waals surface area contributed by atoms with Crippen molar-refractivity contribution in [2.24, 2.45) is 0 Å². The molecule has 3 unspecified atom stereocenters. The first kappa shape index (κ1) is 11.4. The van der Waals surface area contributed by atoms with Crippen LogP contribution >= 0.6 is 0 Å². The Balaban J connectivity index is 2.03. The number of fused-ring (bicyclic) bond motifs is 2. The molecule has 100 valence electrons. The molecule has 0 radical (unpaired) electrons. The van der Waals surface area contributed by atoms with Crippen LogP contribution in [0.3, 0.4) is 0 Å². The number of nitrogens with zero attached hydrogens (tertiary/aromatic N) is 2. The average Bonchev–Trinajstić information content (AvgIpc) is 2.52. The van der Waals surface area contributed by atoms with Crippen LogP contribution < -0.4 is 5.56 Å². The van der Waals surface area contributed by atoms with Gasteiger partial charge < -0.3 is 9.67 Å². The Morgan fingerprint density at radius 3 is 3.00 bits per heavy atom. The molecule has 1 aromatic heterocycles. The summed E-state index contributed by atoms with van der Waals surface area (Å²) in [7, 11) is 2.08. The second kappa shape index (κ2) is 3.38. The van der Waals surface area contributed by atoms with Crippen molar-refractivity contribution < 1.29 is 5.11 Å². The molecule has 1 aromatic rings. The molecular weight excluding hydrogens is 240 g/mol. The zero-order valence-corrected chi connectivity index (χ0v) is 11.3. The Hall–Kier alpha value is -1.39. The Kier molecular flexibility index (Phi) is 2.03. The Labute approximate surface area is 112 Å². The van der Waals surface area contributed by atoms with Crippen LogP contribution in [0.1, 0.15) is 25.0 Å². The van der Waals surface area contributed by atoms with Gasteiger partial charge in [0.1, 0.15) is 5.60 Å². The number of likely N-dealkylation sites (tertiary alicyclic amines) is 1. The molecule has 0 spiro atoms. The summed E-state index contributed by atoms with van der Waals surface area (Å²) in [5, 5.41) is 11.2. The van der Waals surface area contributed by atoms with E-state index in [1.807, 2.05) is 12.1 Å². The second-order valence-corrected chi connectivity index (χ2v) is 6.21. The summed E-state index contributed by atoms with van der Waals surface area (Å²) in [4.78, 5) is 14.3. The van der Waals surface area contributed by atoms with E-state index < -0.39 is 5.60 Å². The van der Waals surface area contributed by atoms with Crippen molar-refractivity contribution in [1.29, 1.82) is 0 Å². The molecule has 1 N–H and O–H groups in total. The topological polar surface area (TPSA) is 45.5 Å². The summed E-state index contributed by atoms with van der Waals surface area (Å²) in [6, 6.07) is 5.56. The van der Waals surface area contributed by atoms with Gasteiger partial charge in [-0.3, -0.25) is 9.69 Å². The van der Waals surface area contributed by atoms with Gasteiger partial charge in [-0.25, -0.2) is 0 Å². The highest BCUT2D eigenvalue weighted by molar-refractivity contribution is 5.46. The molecule has 4 nitrogen and oxygen atoms in total. The van der Waals surface area contributed by atoms with Gasteiger partial charge in [-0.15, -0.1) is 0 Å². The number of aliphatic hydroxyl groups is 1. The summed E-state index contributed by atoms with van der Waals surface area (Å²) in [6.07, 6.45) is 0.918. The number of hydrogen-bond acceptors (Lipinski definition) is 3. The largest absolute Gasteiger partial charge is 0.382 e. The maximum Gasteiger partial charge on any atom is 0.250 e. The third-order valence-corrected chi connectivity index (χ3v) is 5.17. The fourth-order valence-corrected chi connectivity index (χ4v) is 4.43. The van der Waals surface area contributed by atoms with Crippen LogP contribution in [-0.2, 0) is 6.54 Å². The van der Waals surface area contributed by atoms with Gasteiger partial charge in [0.15, 0.2) is 0 Å². The summed E-state index contributed by atoms with van der Waals surface area (Å²) in [5.74, 6) is 0.163. The lowest BCUT2D eigenvalue weighted by Crippen LogP contribution is -2.62. The molecule has 0 aromatic carbocycles. The smallest absolute Gasteiger partial charge is 0.250 e. The molecule has 19 heavy (non-hydrogen) atoms. The minimum absolute atomic E-state index is 0.00262. The van der Waals surface area contributed by atoms with Crippen LogP contribution in [0.5, 0.6) is 0 Å². The van der Waals surface area contributed by atoms with E-state index in [9.17, 15) is 9.90 Å². The lowest BCUT2D eigenvalue weighted by atomic mass is 9.74. The van der Waals surface area contributed by atoms with E-state index in [4.69, 9.17) is 0 Å². The zero-order valence-electron chi connectivity index (χ0n) is 11.3. The third-order valence-electron chi connectivity index (χ3n) is 5.17. The van der Waals surface area contributed by atoms with Crippen LogP contribution in [-0.4, -0.2) is 39.8 Å². The predicted molar refractivity (Wildman–Crippen MR) is 72.1 cm³/mol. The molecule has 0 amide bonds. The normalized spacial score (nSPS) is 36.6. The summed E-state index contributed by atoms with van der Waals surface area (Å²) >= 11 is 0. The van der Waals surface area contributed by atoms with Gasteiger partial charge in [0, 0.05) is 30.3 Å². The number of pyridine rings is 1. The van der Waals surface area contributed by atoms with Gasteiger partial charge in [-0.1, -0.05) is 11.6 Å². The first-order valence-corrected chi connectivity index (χ1v) is 6.85. The van der Waals surface area contributed by atoms with Crippen LogP contribution in [0.25, 0.3) is 0 Å². The monoisotopic (exact) mass is 258 g/mol. The van der Waals surface area contributed by atoms with Crippen molar-refractivity contribution in [2.45, 2.75) is 37.5 Å². The van der Waals surface area contributed by atoms with E-state index in [0.29, 0.717) is 6.54 Å². The molecule has 0 saturated carbocycles. The standard InChI is InChI=1S/C15H18N2O2/c1-9-6-12-15(19)8-17-11(4-3-5-13(17)18)10(14(9)15)7-16(12)2/h3-5,10,12,19H,6-8H2,1-2H3. The molecule has 3 atom stereocenters. The summed E-state index contributed by atoms with van der Waals surface area (Å²) < 4.78 is 1.77. The summed E-state index contributed by atoms with van der Waals surface area (Å²) in [6.45, 7) is 3.42. The Morgan fingerprint density at radius 1 is 1.42 bits per heavy atom. The maximum atomic E-state index is 12.1. The highest BCUT2D eigenvalue weighted by Gasteiger charge is 2.57. The third kappa shape index (κ3) is 1.23. The van der Waals surface area contributed by atoms with Crippen molar-refractivity contribution in [3.05, 3.63) is 45.4 Å². The fraction of sp³-hybridized carbons (Fsp3) is 0.533. The molecular formula is C15H18N2O2. The Bertz CT molecular complexity index is 660. The fourth-order valence-electron chi connectivity index (χ4n) is 4.43. The van der Waals surface area contributed by atoms with Crippen molar-refractivity contribution in [3.63, 3.8) is 0 Å². The molecule has 4 heteroatoms. The first-order valence-electron chi connectivity index (χ1n) is 6.85.